The molecule has 118 valence electrons. The number of morpholine rings is 1. The molecule has 0 radical (unpaired) electrons. The van der Waals surface area contributed by atoms with E-state index in [1.165, 1.54) is 0 Å². The highest BCUT2D eigenvalue weighted by molar-refractivity contribution is 5.91. The van der Waals surface area contributed by atoms with Gasteiger partial charge in [-0.2, -0.15) is 0 Å². The van der Waals surface area contributed by atoms with Gasteiger partial charge in [0.25, 0.3) is 0 Å². The quantitative estimate of drug-likeness (QED) is 0.548. The van der Waals surface area contributed by atoms with E-state index in [2.05, 4.69) is 16.0 Å². The van der Waals surface area contributed by atoms with Gasteiger partial charge in [0.15, 0.2) is 0 Å². The van der Waals surface area contributed by atoms with Crippen molar-refractivity contribution in [2.75, 3.05) is 39.4 Å². The zero-order valence-electron chi connectivity index (χ0n) is 12.2. The molecule has 21 heavy (non-hydrogen) atoms. The fraction of sp³-hybridized carbons (Fsp3) is 0.769. The zero-order chi connectivity index (χ0) is 15.2. The lowest BCUT2D eigenvalue weighted by molar-refractivity contribution is -0.150. The minimum Gasteiger partial charge on any atom is -0.377 e. The van der Waals surface area contributed by atoms with Crippen LogP contribution in [0.15, 0.2) is 0 Å². The van der Waals surface area contributed by atoms with E-state index >= 15 is 0 Å². The third-order valence-corrected chi connectivity index (χ3v) is 3.57. The van der Waals surface area contributed by atoms with E-state index in [4.69, 9.17) is 4.74 Å². The molecule has 0 saturated carbocycles. The number of carbonyl (C=O) groups is 3. The summed E-state index contributed by atoms with van der Waals surface area (Å²) in [6.45, 7) is 3.92. The minimum absolute atomic E-state index is 0.118. The van der Waals surface area contributed by atoms with Crippen molar-refractivity contribution in [1.82, 2.24) is 20.9 Å². The Morgan fingerprint density at radius 2 is 2.29 bits per heavy atom. The number of piperazine rings is 1. The first-order valence-corrected chi connectivity index (χ1v) is 7.29. The third-order valence-electron chi connectivity index (χ3n) is 3.57. The second-order valence-corrected chi connectivity index (χ2v) is 5.15. The topological polar surface area (TPSA) is 99.8 Å². The molecule has 3 N–H and O–H groups in total. The molecule has 8 nitrogen and oxygen atoms in total. The molecule has 0 aromatic rings. The predicted molar refractivity (Wildman–Crippen MR) is 74.4 cm³/mol. The van der Waals surface area contributed by atoms with Crippen molar-refractivity contribution in [3.63, 3.8) is 0 Å². The van der Waals surface area contributed by atoms with Crippen LogP contribution in [0.25, 0.3) is 0 Å². The van der Waals surface area contributed by atoms with Crippen molar-refractivity contribution in [3.05, 3.63) is 0 Å². The van der Waals surface area contributed by atoms with E-state index in [9.17, 15) is 14.4 Å². The largest absolute Gasteiger partial charge is 0.377 e. The fourth-order valence-electron chi connectivity index (χ4n) is 2.39. The van der Waals surface area contributed by atoms with Gasteiger partial charge in [0.1, 0.15) is 12.1 Å². The summed E-state index contributed by atoms with van der Waals surface area (Å²) in [4.78, 5) is 37.3. The van der Waals surface area contributed by atoms with Crippen molar-refractivity contribution in [1.29, 1.82) is 0 Å². The smallest absolute Gasteiger partial charge is 0.245 e. The van der Waals surface area contributed by atoms with Crippen LogP contribution in [-0.2, 0) is 19.1 Å². The van der Waals surface area contributed by atoms with Crippen LogP contribution in [0.1, 0.15) is 13.3 Å². The van der Waals surface area contributed by atoms with Crippen LogP contribution < -0.4 is 16.0 Å². The molecular formula is C13H22N4O4. The number of hydrogen-bond acceptors (Lipinski definition) is 5. The van der Waals surface area contributed by atoms with Gasteiger partial charge in [-0.1, -0.05) is 6.92 Å². The van der Waals surface area contributed by atoms with Crippen LogP contribution in [0.3, 0.4) is 0 Å². The lowest BCUT2D eigenvalue weighted by Crippen LogP contribution is -2.64. The summed E-state index contributed by atoms with van der Waals surface area (Å²) in [7, 11) is 0. The fourth-order valence-corrected chi connectivity index (χ4v) is 2.39. The highest BCUT2D eigenvalue weighted by Gasteiger charge is 2.36. The molecule has 3 amide bonds. The normalized spacial score (nSPS) is 26.1. The first kappa shape index (κ1) is 15.7. The standard InChI is InChI=1S/C13H22N4O4/c1-2-3-14-12(19)10-8-21-5-4-17(10)13(20)9-6-16-11(18)7-15-9/h9-10,15H,2-8H2,1H3,(H,14,19)(H,16,18). The molecule has 2 aliphatic heterocycles. The minimum atomic E-state index is -0.600. The highest BCUT2D eigenvalue weighted by atomic mass is 16.5. The van der Waals surface area contributed by atoms with Crippen LogP contribution in [0.4, 0.5) is 0 Å². The summed E-state index contributed by atoms with van der Waals surface area (Å²) in [5, 5.41) is 8.34. The second kappa shape index (κ2) is 7.37. The molecule has 2 heterocycles. The van der Waals surface area contributed by atoms with E-state index in [0.717, 1.165) is 6.42 Å². The Hall–Kier alpha value is -1.67. The Morgan fingerprint density at radius 3 is 2.95 bits per heavy atom. The van der Waals surface area contributed by atoms with E-state index < -0.39 is 12.1 Å². The Morgan fingerprint density at radius 1 is 1.48 bits per heavy atom. The van der Waals surface area contributed by atoms with Crippen LogP contribution in [0, 0.1) is 0 Å². The number of hydrogen-bond donors (Lipinski definition) is 3. The van der Waals surface area contributed by atoms with Crippen LogP contribution in [0.2, 0.25) is 0 Å². The van der Waals surface area contributed by atoms with Crippen molar-refractivity contribution < 1.29 is 19.1 Å². The van der Waals surface area contributed by atoms with Gasteiger partial charge in [0.2, 0.25) is 17.7 Å². The first-order chi connectivity index (χ1) is 10.1. The maximum absolute atomic E-state index is 12.5. The van der Waals surface area contributed by atoms with Crippen molar-refractivity contribution in [2.45, 2.75) is 25.4 Å². The van der Waals surface area contributed by atoms with Crippen molar-refractivity contribution >= 4 is 17.7 Å². The first-order valence-electron chi connectivity index (χ1n) is 7.29. The average Bonchev–Trinajstić information content (AvgIpc) is 2.52. The molecule has 2 unspecified atom stereocenters. The summed E-state index contributed by atoms with van der Waals surface area (Å²) in [5.74, 6) is -0.488. The van der Waals surface area contributed by atoms with E-state index in [0.29, 0.717) is 19.7 Å². The summed E-state index contributed by atoms with van der Waals surface area (Å²) in [6.07, 6.45) is 0.837. The molecule has 0 spiro atoms. The van der Waals surface area contributed by atoms with Gasteiger partial charge in [-0.25, -0.2) is 0 Å². The lowest BCUT2D eigenvalue weighted by Gasteiger charge is -2.37. The highest BCUT2D eigenvalue weighted by Crippen LogP contribution is 2.10. The Balaban J connectivity index is 1.98. The van der Waals surface area contributed by atoms with Crippen LogP contribution in [0.5, 0.6) is 0 Å². The summed E-state index contributed by atoms with van der Waals surface area (Å²) in [5.41, 5.74) is 0. The maximum atomic E-state index is 12.5. The SMILES string of the molecule is CCCNC(=O)C1COCCN1C(=O)C1CNC(=O)CN1. The molecule has 2 rings (SSSR count). The van der Waals surface area contributed by atoms with Gasteiger partial charge in [0, 0.05) is 19.6 Å². The summed E-state index contributed by atoms with van der Waals surface area (Å²) in [6, 6.07) is -1.08. The van der Waals surface area contributed by atoms with Gasteiger partial charge in [-0.05, 0) is 6.42 Å². The molecule has 0 aliphatic carbocycles. The van der Waals surface area contributed by atoms with E-state index in [1.807, 2.05) is 6.92 Å². The molecule has 0 aromatic heterocycles. The number of rotatable bonds is 4. The van der Waals surface area contributed by atoms with E-state index in [1.54, 1.807) is 4.90 Å². The van der Waals surface area contributed by atoms with Crippen molar-refractivity contribution in [3.8, 4) is 0 Å². The maximum Gasteiger partial charge on any atom is 0.245 e. The van der Waals surface area contributed by atoms with Gasteiger partial charge < -0.3 is 20.3 Å². The summed E-state index contributed by atoms with van der Waals surface area (Å²) >= 11 is 0. The number of amides is 3. The Kier molecular flexibility index (Phi) is 5.51. The predicted octanol–water partition coefficient (Wildman–Crippen LogP) is -2.17. The Labute approximate surface area is 123 Å². The molecule has 0 bridgehead atoms. The summed E-state index contributed by atoms with van der Waals surface area (Å²) < 4.78 is 5.32. The van der Waals surface area contributed by atoms with Gasteiger partial charge in [-0.15, -0.1) is 0 Å². The number of nitrogens with zero attached hydrogens (tertiary/aromatic N) is 1. The molecule has 2 atom stereocenters. The molecule has 2 saturated heterocycles. The molecule has 0 aromatic carbocycles. The average molecular weight is 298 g/mol. The van der Waals surface area contributed by atoms with Crippen LogP contribution >= 0.6 is 0 Å². The monoisotopic (exact) mass is 298 g/mol. The lowest BCUT2D eigenvalue weighted by atomic mass is 10.1. The van der Waals surface area contributed by atoms with Gasteiger partial charge in [0.05, 0.1) is 19.8 Å². The second-order valence-electron chi connectivity index (χ2n) is 5.15. The Bertz CT molecular complexity index is 405. The molecular weight excluding hydrogens is 276 g/mol. The van der Waals surface area contributed by atoms with Gasteiger partial charge in [-0.3, -0.25) is 19.7 Å². The zero-order valence-corrected chi connectivity index (χ0v) is 12.2. The number of nitrogens with one attached hydrogen (secondary N) is 3. The molecule has 2 aliphatic rings. The third kappa shape index (κ3) is 3.92. The number of ether oxygens (including phenoxy) is 1. The van der Waals surface area contributed by atoms with Crippen molar-refractivity contribution in [2.24, 2.45) is 0 Å². The van der Waals surface area contributed by atoms with E-state index in [-0.39, 0.29) is 37.4 Å². The molecule has 2 fully saturated rings. The number of carbonyl (C=O) groups excluding carboxylic acids is 3. The molecule has 8 heteroatoms. The van der Waals surface area contributed by atoms with Gasteiger partial charge >= 0.3 is 0 Å². The van der Waals surface area contributed by atoms with Crippen LogP contribution in [-0.4, -0.2) is 74.1 Å².